The molecular weight excluding hydrogens is 470 g/mol. The van der Waals surface area contributed by atoms with Crippen molar-refractivity contribution in [2.75, 3.05) is 5.32 Å². The number of aromatic nitrogens is 3. The number of furan rings is 1. The van der Waals surface area contributed by atoms with Crippen LogP contribution in [0.4, 0.5) is 5.00 Å². The number of hydrogen-bond acceptors (Lipinski definition) is 7. The van der Waals surface area contributed by atoms with Gasteiger partial charge in [-0.25, -0.2) is 0 Å². The van der Waals surface area contributed by atoms with Crippen molar-refractivity contribution in [2.24, 2.45) is 5.73 Å². The number of nitrogens with two attached hydrogens (primary N) is 1. The highest BCUT2D eigenvalue weighted by Gasteiger charge is 2.28. The second-order valence-electron chi connectivity index (χ2n) is 8.03. The summed E-state index contributed by atoms with van der Waals surface area (Å²) < 4.78 is 7.50. The number of rotatable bonds is 8. The molecule has 1 aliphatic rings. The van der Waals surface area contributed by atoms with Gasteiger partial charge in [-0.05, 0) is 49.4 Å². The minimum Gasteiger partial charge on any atom is -0.461 e. The van der Waals surface area contributed by atoms with Crippen LogP contribution in [0.25, 0.3) is 11.6 Å². The van der Waals surface area contributed by atoms with E-state index in [1.807, 2.05) is 41.0 Å². The van der Waals surface area contributed by atoms with Gasteiger partial charge in [-0.15, -0.1) is 21.5 Å². The van der Waals surface area contributed by atoms with E-state index in [-0.39, 0.29) is 5.91 Å². The number of amides is 2. The number of fused-ring (bicyclic) bond motifs is 1. The molecule has 0 fully saturated rings. The maximum Gasteiger partial charge on any atom is 0.251 e. The van der Waals surface area contributed by atoms with Crippen molar-refractivity contribution in [3.8, 4) is 11.6 Å². The number of anilines is 1. The molecule has 34 heavy (non-hydrogen) atoms. The van der Waals surface area contributed by atoms with Gasteiger partial charge in [0, 0.05) is 4.88 Å². The van der Waals surface area contributed by atoms with Crippen molar-refractivity contribution in [2.45, 2.75) is 43.1 Å². The number of primary amides is 1. The van der Waals surface area contributed by atoms with E-state index in [1.165, 1.54) is 23.1 Å². The summed E-state index contributed by atoms with van der Waals surface area (Å²) in [5, 5.41) is 12.3. The number of thiophene rings is 1. The molecule has 0 saturated carbocycles. The Balaban J connectivity index is 1.38. The van der Waals surface area contributed by atoms with Crippen molar-refractivity contribution >= 4 is 39.9 Å². The number of hydrogen-bond donors (Lipinski definition) is 2. The molecule has 10 heteroatoms. The molecule has 8 nitrogen and oxygen atoms in total. The van der Waals surface area contributed by atoms with Crippen LogP contribution in [0.3, 0.4) is 0 Å². The molecule has 3 N–H and O–H groups in total. The molecule has 5 rings (SSSR count). The quantitative estimate of drug-likeness (QED) is 0.353. The number of benzene rings is 1. The zero-order valence-electron chi connectivity index (χ0n) is 18.5. The van der Waals surface area contributed by atoms with E-state index in [9.17, 15) is 9.59 Å². The fraction of sp³-hybridized carbons (Fsp3) is 0.250. The van der Waals surface area contributed by atoms with Crippen molar-refractivity contribution in [3.05, 3.63) is 70.3 Å². The van der Waals surface area contributed by atoms with Crippen LogP contribution < -0.4 is 11.1 Å². The topological polar surface area (TPSA) is 116 Å². The van der Waals surface area contributed by atoms with Crippen LogP contribution in [0.2, 0.25) is 0 Å². The molecular formula is C24H23N5O3S2. The van der Waals surface area contributed by atoms with E-state index in [2.05, 4.69) is 15.5 Å². The highest BCUT2D eigenvalue weighted by Crippen LogP contribution is 2.39. The van der Waals surface area contributed by atoms with Crippen LogP contribution >= 0.6 is 23.1 Å². The summed E-state index contributed by atoms with van der Waals surface area (Å²) in [5.41, 5.74) is 8.15. The Kier molecular flexibility index (Phi) is 6.25. The molecule has 4 aromatic rings. The third-order valence-electron chi connectivity index (χ3n) is 5.70. The standard InChI is InChI=1S/C24H23N5O3S2/c1-14(22(31)26-23-19(20(25)30)16-9-5-11-18(16)34-23)33-24-28-27-21(17-10-6-12-32-17)29(24)13-15-7-3-2-4-8-15/h2-4,6-8,10,12,14H,5,9,11,13H2,1H3,(H2,25,30)(H,26,31)/t14-/m1/s1. The number of carbonyl (C=O) groups is 2. The van der Waals surface area contributed by atoms with Gasteiger partial charge in [-0.1, -0.05) is 42.1 Å². The first-order valence-electron chi connectivity index (χ1n) is 10.9. The molecule has 1 atom stereocenters. The molecule has 0 spiro atoms. The van der Waals surface area contributed by atoms with Crippen LogP contribution in [0, 0.1) is 0 Å². The van der Waals surface area contributed by atoms with Gasteiger partial charge in [-0.3, -0.25) is 14.2 Å². The Bertz CT molecular complexity index is 1330. The predicted molar refractivity (Wildman–Crippen MR) is 132 cm³/mol. The minimum atomic E-state index is -0.499. The third kappa shape index (κ3) is 4.38. The number of carbonyl (C=O) groups excluding carboxylic acids is 2. The Morgan fingerprint density at radius 1 is 1.21 bits per heavy atom. The van der Waals surface area contributed by atoms with Crippen LogP contribution in [0.5, 0.6) is 0 Å². The fourth-order valence-electron chi connectivity index (χ4n) is 4.05. The largest absolute Gasteiger partial charge is 0.461 e. The van der Waals surface area contributed by atoms with E-state index in [4.69, 9.17) is 10.2 Å². The molecule has 0 aliphatic heterocycles. The summed E-state index contributed by atoms with van der Waals surface area (Å²) in [6.45, 7) is 2.34. The minimum absolute atomic E-state index is 0.221. The molecule has 174 valence electrons. The molecule has 0 bridgehead atoms. The summed E-state index contributed by atoms with van der Waals surface area (Å²) in [4.78, 5) is 26.3. The van der Waals surface area contributed by atoms with E-state index in [0.717, 1.165) is 35.3 Å². The van der Waals surface area contributed by atoms with Gasteiger partial charge in [0.15, 0.2) is 10.9 Å². The van der Waals surface area contributed by atoms with Crippen LogP contribution in [0.15, 0.2) is 58.3 Å². The Morgan fingerprint density at radius 2 is 2.03 bits per heavy atom. The number of nitrogens with one attached hydrogen (secondary N) is 1. The van der Waals surface area contributed by atoms with Crippen molar-refractivity contribution in [3.63, 3.8) is 0 Å². The Hall–Kier alpha value is -3.37. The molecule has 0 saturated heterocycles. The average Bonchev–Trinajstić information content (AvgIpc) is 3.59. The lowest BCUT2D eigenvalue weighted by Gasteiger charge is -2.14. The number of nitrogens with zero attached hydrogens (tertiary/aromatic N) is 3. The highest BCUT2D eigenvalue weighted by atomic mass is 32.2. The smallest absolute Gasteiger partial charge is 0.251 e. The first kappa shape index (κ1) is 22.4. The summed E-state index contributed by atoms with van der Waals surface area (Å²) in [6, 6.07) is 13.6. The van der Waals surface area contributed by atoms with E-state index < -0.39 is 11.2 Å². The van der Waals surface area contributed by atoms with Gasteiger partial charge in [0.1, 0.15) is 5.00 Å². The first-order valence-corrected chi connectivity index (χ1v) is 12.6. The average molecular weight is 494 g/mol. The van der Waals surface area contributed by atoms with Crippen LogP contribution in [-0.2, 0) is 24.2 Å². The van der Waals surface area contributed by atoms with Gasteiger partial charge in [0.05, 0.1) is 23.6 Å². The fourth-order valence-corrected chi connectivity index (χ4v) is 6.20. The molecule has 2 amide bonds. The van der Waals surface area contributed by atoms with Gasteiger partial charge >= 0.3 is 0 Å². The Labute approximate surface area is 204 Å². The summed E-state index contributed by atoms with van der Waals surface area (Å²) in [6.07, 6.45) is 4.34. The van der Waals surface area contributed by atoms with Gasteiger partial charge in [-0.2, -0.15) is 0 Å². The second kappa shape index (κ2) is 9.47. The zero-order valence-corrected chi connectivity index (χ0v) is 20.1. The van der Waals surface area contributed by atoms with Crippen molar-refractivity contribution < 1.29 is 14.0 Å². The molecule has 0 radical (unpaired) electrons. The lowest BCUT2D eigenvalue weighted by atomic mass is 10.1. The van der Waals surface area contributed by atoms with E-state index in [1.54, 1.807) is 19.3 Å². The Morgan fingerprint density at radius 3 is 2.76 bits per heavy atom. The molecule has 1 aromatic carbocycles. The number of aryl methyl sites for hydroxylation is 1. The third-order valence-corrected chi connectivity index (χ3v) is 7.99. The molecule has 3 aromatic heterocycles. The highest BCUT2D eigenvalue weighted by molar-refractivity contribution is 8.00. The lowest BCUT2D eigenvalue weighted by molar-refractivity contribution is -0.115. The predicted octanol–water partition coefficient (Wildman–Crippen LogP) is 4.35. The maximum absolute atomic E-state index is 13.1. The zero-order chi connectivity index (χ0) is 23.7. The van der Waals surface area contributed by atoms with E-state index >= 15 is 0 Å². The van der Waals surface area contributed by atoms with Gasteiger partial charge < -0.3 is 15.5 Å². The lowest BCUT2D eigenvalue weighted by Crippen LogP contribution is -2.24. The number of thioether (sulfide) groups is 1. The first-order chi connectivity index (χ1) is 16.5. The van der Waals surface area contributed by atoms with Gasteiger partial charge in [0.25, 0.3) is 5.91 Å². The second-order valence-corrected chi connectivity index (χ2v) is 10.4. The summed E-state index contributed by atoms with van der Waals surface area (Å²) in [7, 11) is 0. The molecule has 3 heterocycles. The summed E-state index contributed by atoms with van der Waals surface area (Å²) in [5.74, 6) is 0.475. The summed E-state index contributed by atoms with van der Waals surface area (Å²) >= 11 is 2.75. The van der Waals surface area contributed by atoms with Crippen LogP contribution in [-0.4, -0.2) is 31.8 Å². The van der Waals surface area contributed by atoms with Gasteiger partial charge in [0.2, 0.25) is 11.7 Å². The molecule has 1 aliphatic carbocycles. The van der Waals surface area contributed by atoms with E-state index in [0.29, 0.717) is 33.9 Å². The normalized spacial score (nSPS) is 13.6. The monoisotopic (exact) mass is 493 g/mol. The van der Waals surface area contributed by atoms with Crippen LogP contribution in [0.1, 0.15) is 39.7 Å². The van der Waals surface area contributed by atoms with Crippen molar-refractivity contribution in [1.82, 2.24) is 14.8 Å². The van der Waals surface area contributed by atoms with Crippen molar-refractivity contribution in [1.29, 1.82) is 0 Å². The molecule has 0 unspecified atom stereocenters. The maximum atomic E-state index is 13.1. The SMILES string of the molecule is C[C@@H](Sc1nnc(-c2ccco2)n1Cc1ccccc1)C(=O)Nc1sc2c(c1C(N)=O)CCC2.